The Morgan fingerprint density at radius 2 is 1.96 bits per heavy atom. The Balaban J connectivity index is 1.88. The normalized spacial score (nSPS) is 11.2. The second-order valence-corrected chi connectivity index (χ2v) is 6.55. The minimum absolute atomic E-state index is 0.603. The average molecular weight is 405 g/mol. The minimum Gasteiger partial charge on any atom is -0.494 e. The highest BCUT2D eigenvalue weighted by Gasteiger charge is 2.08. The third-order valence-corrected chi connectivity index (χ3v) is 4.38. The first-order valence-corrected chi connectivity index (χ1v) is 8.48. The van der Waals surface area contributed by atoms with Crippen LogP contribution in [0.3, 0.4) is 0 Å². The molecule has 122 valence electrons. The van der Waals surface area contributed by atoms with Crippen LogP contribution < -0.4 is 4.74 Å². The molecule has 0 saturated heterocycles. The van der Waals surface area contributed by atoms with Crippen molar-refractivity contribution in [3.63, 3.8) is 0 Å². The monoisotopic (exact) mass is 403 g/mol. The maximum absolute atomic E-state index is 6.01. The van der Waals surface area contributed by atoms with Gasteiger partial charge in [0.15, 0.2) is 0 Å². The Labute approximate surface area is 154 Å². The molecule has 0 saturated carbocycles. The first-order chi connectivity index (χ1) is 11.6. The largest absolute Gasteiger partial charge is 0.494 e. The van der Waals surface area contributed by atoms with Gasteiger partial charge >= 0.3 is 0 Å². The van der Waals surface area contributed by atoms with E-state index in [0.29, 0.717) is 22.2 Å². The zero-order valence-electron chi connectivity index (χ0n) is 13.2. The number of halogens is 2. The van der Waals surface area contributed by atoms with Crippen molar-refractivity contribution in [2.45, 2.75) is 6.92 Å². The molecule has 5 heteroatoms. The first-order valence-electron chi connectivity index (χ1n) is 7.31. The summed E-state index contributed by atoms with van der Waals surface area (Å²) in [7, 11) is 1.60. The molecule has 0 fully saturated rings. The summed E-state index contributed by atoms with van der Waals surface area (Å²) in [4.78, 5) is 4.41. The molecule has 0 radical (unpaired) electrons. The number of ether oxygens (including phenoxy) is 1. The molecule has 0 aliphatic rings. The van der Waals surface area contributed by atoms with Gasteiger partial charge in [-0.3, -0.25) is 0 Å². The number of hydrogen-bond donors (Lipinski definition) is 0. The molecule has 3 rings (SSSR count). The third kappa shape index (κ3) is 3.71. The van der Waals surface area contributed by atoms with Gasteiger partial charge in [-0.2, -0.15) is 0 Å². The van der Waals surface area contributed by atoms with Crippen LogP contribution in [0.2, 0.25) is 5.02 Å². The lowest BCUT2D eigenvalue weighted by atomic mass is 10.1. The maximum atomic E-state index is 6.01. The van der Waals surface area contributed by atoms with E-state index < -0.39 is 0 Å². The van der Waals surface area contributed by atoms with E-state index in [-0.39, 0.29) is 0 Å². The summed E-state index contributed by atoms with van der Waals surface area (Å²) in [5.74, 6) is 2.09. The van der Waals surface area contributed by atoms with Gasteiger partial charge in [0, 0.05) is 15.1 Å². The van der Waals surface area contributed by atoms with Crippen LogP contribution in [0.4, 0.5) is 5.69 Å². The highest BCUT2D eigenvalue weighted by atomic mass is 79.9. The molecule has 3 aromatic rings. The van der Waals surface area contributed by atoms with Crippen molar-refractivity contribution in [2.75, 3.05) is 7.11 Å². The van der Waals surface area contributed by atoms with E-state index in [2.05, 4.69) is 27.0 Å². The number of rotatable bonds is 4. The number of aliphatic imine (C=N–C) groups is 1. The predicted octanol–water partition coefficient (Wildman–Crippen LogP) is 6.43. The van der Waals surface area contributed by atoms with E-state index in [1.165, 1.54) is 5.56 Å². The van der Waals surface area contributed by atoms with Gasteiger partial charge in [-0.1, -0.05) is 33.6 Å². The highest BCUT2D eigenvalue weighted by Crippen LogP contribution is 2.32. The van der Waals surface area contributed by atoms with E-state index in [4.69, 9.17) is 20.8 Å². The zero-order chi connectivity index (χ0) is 17.1. The van der Waals surface area contributed by atoms with Crippen molar-refractivity contribution in [1.29, 1.82) is 0 Å². The lowest BCUT2D eigenvalue weighted by molar-refractivity contribution is 0.416. The topological polar surface area (TPSA) is 34.7 Å². The molecule has 2 aromatic carbocycles. The molecule has 0 atom stereocenters. The van der Waals surface area contributed by atoms with Crippen LogP contribution >= 0.6 is 27.5 Å². The summed E-state index contributed by atoms with van der Waals surface area (Å²) in [5.41, 5.74) is 2.84. The molecule has 0 aliphatic heterocycles. The third-order valence-electron chi connectivity index (χ3n) is 3.49. The van der Waals surface area contributed by atoms with Crippen LogP contribution in [0, 0.1) is 6.92 Å². The predicted molar refractivity (Wildman–Crippen MR) is 102 cm³/mol. The average Bonchev–Trinajstić information content (AvgIpc) is 3.01. The lowest BCUT2D eigenvalue weighted by Crippen LogP contribution is -1.84. The molecule has 3 nitrogen and oxygen atoms in total. The van der Waals surface area contributed by atoms with Gasteiger partial charge in [0.2, 0.25) is 0 Å². The van der Waals surface area contributed by atoms with Gasteiger partial charge in [-0.05, 0) is 55.0 Å². The Hall–Kier alpha value is -2.04. The highest BCUT2D eigenvalue weighted by molar-refractivity contribution is 9.10. The van der Waals surface area contributed by atoms with Gasteiger partial charge < -0.3 is 9.15 Å². The van der Waals surface area contributed by atoms with Crippen LogP contribution in [0.5, 0.6) is 5.75 Å². The minimum atomic E-state index is 0.603. The summed E-state index contributed by atoms with van der Waals surface area (Å²) in [6, 6.07) is 15.2. The quantitative estimate of drug-likeness (QED) is 0.470. The SMILES string of the molecule is COc1ccc(Cl)cc1N=Cc1ccc(-c2ccc(C)cc2Br)o1. The Bertz CT molecular complexity index is 902. The molecule has 0 spiro atoms. The summed E-state index contributed by atoms with van der Waals surface area (Å²) in [6.45, 7) is 2.05. The molecule has 1 heterocycles. The van der Waals surface area contributed by atoms with Gasteiger partial charge in [0.1, 0.15) is 23.0 Å². The van der Waals surface area contributed by atoms with E-state index in [9.17, 15) is 0 Å². The number of nitrogens with zero attached hydrogens (tertiary/aromatic N) is 1. The molecular formula is C19H15BrClNO2. The molecule has 0 bridgehead atoms. The van der Waals surface area contributed by atoms with Crippen LogP contribution in [-0.4, -0.2) is 13.3 Å². The summed E-state index contributed by atoms with van der Waals surface area (Å²) >= 11 is 9.58. The fourth-order valence-corrected chi connectivity index (χ4v) is 3.14. The molecule has 0 amide bonds. The second kappa shape index (κ2) is 7.24. The fraction of sp³-hybridized carbons (Fsp3) is 0.105. The maximum Gasteiger partial charge on any atom is 0.145 e. The lowest BCUT2D eigenvalue weighted by Gasteiger charge is -2.03. The van der Waals surface area contributed by atoms with Crippen LogP contribution in [0.25, 0.3) is 11.3 Å². The number of furan rings is 1. The summed E-state index contributed by atoms with van der Waals surface area (Å²) in [6.07, 6.45) is 1.65. The number of methoxy groups -OCH3 is 1. The number of benzene rings is 2. The van der Waals surface area contributed by atoms with Crippen molar-refractivity contribution < 1.29 is 9.15 Å². The van der Waals surface area contributed by atoms with Gasteiger partial charge in [-0.15, -0.1) is 0 Å². The van der Waals surface area contributed by atoms with E-state index >= 15 is 0 Å². The Kier molecular flexibility index (Phi) is 5.07. The number of aryl methyl sites for hydroxylation is 1. The van der Waals surface area contributed by atoms with Crippen LogP contribution in [0.15, 0.2) is 62.4 Å². The van der Waals surface area contributed by atoms with Crippen LogP contribution in [0.1, 0.15) is 11.3 Å². The Morgan fingerprint density at radius 1 is 1.12 bits per heavy atom. The fourth-order valence-electron chi connectivity index (χ4n) is 2.28. The molecule has 1 aromatic heterocycles. The molecular weight excluding hydrogens is 390 g/mol. The molecule has 24 heavy (non-hydrogen) atoms. The second-order valence-electron chi connectivity index (χ2n) is 5.26. The van der Waals surface area contributed by atoms with E-state index in [1.54, 1.807) is 31.5 Å². The Morgan fingerprint density at radius 3 is 2.71 bits per heavy atom. The summed E-state index contributed by atoms with van der Waals surface area (Å²) in [5, 5.41) is 0.603. The van der Waals surface area contributed by atoms with Crippen molar-refractivity contribution in [2.24, 2.45) is 4.99 Å². The zero-order valence-corrected chi connectivity index (χ0v) is 15.6. The van der Waals surface area contributed by atoms with Gasteiger partial charge in [0.05, 0.1) is 13.3 Å². The van der Waals surface area contributed by atoms with Crippen LogP contribution in [-0.2, 0) is 0 Å². The van der Waals surface area contributed by atoms with Gasteiger partial charge in [-0.25, -0.2) is 4.99 Å². The van der Waals surface area contributed by atoms with E-state index in [1.807, 2.05) is 31.2 Å². The molecule has 0 unspecified atom stereocenters. The molecule has 0 N–H and O–H groups in total. The number of hydrogen-bond acceptors (Lipinski definition) is 3. The van der Waals surface area contributed by atoms with Crippen molar-refractivity contribution in [3.8, 4) is 17.1 Å². The molecule has 0 aliphatic carbocycles. The van der Waals surface area contributed by atoms with Crippen molar-refractivity contribution in [1.82, 2.24) is 0 Å². The van der Waals surface area contributed by atoms with Crippen molar-refractivity contribution >= 4 is 39.4 Å². The smallest absolute Gasteiger partial charge is 0.145 e. The van der Waals surface area contributed by atoms with E-state index in [0.717, 1.165) is 15.8 Å². The van der Waals surface area contributed by atoms with Crippen molar-refractivity contribution in [3.05, 3.63) is 69.3 Å². The summed E-state index contributed by atoms with van der Waals surface area (Å²) < 4.78 is 12.1. The van der Waals surface area contributed by atoms with Gasteiger partial charge in [0.25, 0.3) is 0 Å². The first kappa shape index (κ1) is 16.8. The standard InChI is InChI=1S/C19H15BrClNO2/c1-12-3-6-15(16(20)9-12)18-8-5-14(24-18)11-22-17-10-13(21)4-7-19(17)23-2/h3-11H,1-2H3.